The van der Waals surface area contributed by atoms with E-state index in [2.05, 4.69) is 20.3 Å². The maximum Gasteiger partial charge on any atom is 0.338 e. The van der Waals surface area contributed by atoms with E-state index >= 15 is 0 Å². The number of thioether (sulfide) groups is 1. The quantitative estimate of drug-likeness (QED) is 0.317. The molecule has 1 fully saturated rings. The molecule has 0 bridgehead atoms. The number of esters is 1. The van der Waals surface area contributed by atoms with Gasteiger partial charge in [0, 0.05) is 17.7 Å². The van der Waals surface area contributed by atoms with Crippen molar-refractivity contribution in [2.75, 3.05) is 7.11 Å². The number of nitro benzene ring substituents is 1. The molecule has 1 aliphatic heterocycles. The molecular weight excluding hydrogens is 368 g/mol. The van der Waals surface area contributed by atoms with Crippen LogP contribution in [0.2, 0.25) is 0 Å². The number of carbonyl (C=O) groups is 3. The number of carbonyl (C=O) groups excluding carboxylic acids is 2. The number of ether oxygens (including phenoxy) is 1. The van der Waals surface area contributed by atoms with E-state index in [1.807, 2.05) is 0 Å². The lowest BCUT2D eigenvalue weighted by molar-refractivity contribution is -0.384. The zero-order valence-electron chi connectivity index (χ0n) is 13.2. The fourth-order valence-corrected chi connectivity index (χ4v) is 2.86. The SMILES string of the molecule is COC(=O)c1cc(C=NN=C2NC(=O)C(CC(=O)O)S2)cc([N+](=O)[O-])c1. The second-order valence-electron chi connectivity index (χ2n) is 4.91. The van der Waals surface area contributed by atoms with Crippen molar-refractivity contribution < 1.29 is 29.2 Å². The maximum atomic E-state index is 11.6. The van der Waals surface area contributed by atoms with Crippen molar-refractivity contribution in [3.63, 3.8) is 0 Å². The Morgan fingerprint density at radius 3 is 2.81 bits per heavy atom. The predicted octanol–water partition coefficient (Wildman–Crippen LogP) is 0.778. The van der Waals surface area contributed by atoms with Crippen molar-refractivity contribution in [3.8, 4) is 0 Å². The lowest BCUT2D eigenvalue weighted by Gasteiger charge is -2.01. The number of nitro groups is 1. The zero-order valence-corrected chi connectivity index (χ0v) is 14.1. The van der Waals surface area contributed by atoms with Crippen molar-refractivity contribution in [3.05, 3.63) is 39.4 Å². The number of amidine groups is 1. The first-order valence-corrected chi connectivity index (χ1v) is 7.86. The van der Waals surface area contributed by atoms with Gasteiger partial charge >= 0.3 is 11.9 Å². The molecule has 0 spiro atoms. The number of rotatable bonds is 6. The Bertz CT molecular complexity index is 837. The Balaban J connectivity index is 2.18. The first-order valence-electron chi connectivity index (χ1n) is 6.98. The number of nitrogens with one attached hydrogen (secondary N) is 1. The highest BCUT2D eigenvalue weighted by Gasteiger charge is 2.32. The first-order chi connectivity index (χ1) is 12.3. The molecule has 26 heavy (non-hydrogen) atoms. The average molecular weight is 380 g/mol. The van der Waals surface area contributed by atoms with E-state index in [9.17, 15) is 24.5 Å². The van der Waals surface area contributed by atoms with Gasteiger partial charge in [-0.25, -0.2) is 4.79 Å². The molecule has 2 rings (SSSR count). The van der Waals surface area contributed by atoms with E-state index in [1.54, 1.807) is 0 Å². The lowest BCUT2D eigenvalue weighted by Crippen LogP contribution is -2.26. The number of benzene rings is 1. The number of methoxy groups -OCH3 is 1. The number of nitrogens with zero attached hydrogens (tertiary/aromatic N) is 3. The van der Waals surface area contributed by atoms with E-state index in [0.717, 1.165) is 31.2 Å². The van der Waals surface area contributed by atoms with Crippen LogP contribution < -0.4 is 5.32 Å². The number of carboxylic acid groups (broad SMARTS) is 1. The highest BCUT2D eigenvalue weighted by Crippen LogP contribution is 2.22. The van der Waals surface area contributed by atoms with E-state index in [1.165, 1.54) is 12.1 Å². The molecule has 0 radical (unpaired) electrons. The van der Waals surface area contributed by atoms with Crippen molar-refractivity contribution in [1.29, 1.82) is 0 Å². The number of aliphatic carboxylic acids is 1. The molecule has 1 aromatic rings. The van der Waals surface area contributed by atoms with Crippen molar-refractivity contribution in [2.24, 2.45) is 10.2 Å². The minimum atomic E-state index is -1.12. The Labute approximate surface area is 150 Å². The van der Waals surface area contributed by atoms with Gasteiger partial charge in [0.1, 0.15) is 5.25 Å². The topological polar surface area (TPSA) is 161 Å². The van der Waals surface area contributed by atoms with E-state index < -0.39 is 28.0 Å². The third kappa shape index (κ3) is 4.86. The normalized spacial score (nSPS) is 18.1. The summed E-state index contributed by atoms with van der Waals surface area (Å²) in [5.41, 5.74) is -0.131. The van der Waals surface area contributed by atoms with Crippen LogP contribution in [-0.2, 0) is 14.3 Å². The van der Waals surface area contributed by atoms with Crippen LogP contribution in [0.25, 0.3) is 0 Å². The predicted molar refractivity (Wildman–Crippen MR) is 91.2 cm³/mol. The van der Waals surface area contributed by atoms with Crippen LogP contribution in [-0.4, -0.2) is 51.6 Å². The van der Waals surface area contributed by atoms with Crippen LogP contribution in [0, 0.1) is 10.1 Å². The van der Waals surface area contributed by atoms with Gasteiger partial charge in [-0.1, -0.05) is 11.8 Å². The maximum absolute atomic E-state index is 11.6. The summed E-state index contributed by atoms with van der Waals surface area (Å²) in [6.07, 6.45) is 0.802. The Hall–Kier alpha value is -3.28. The van der Waals surface area contributed by atoms with Gasteiger partial charge in [-0.3, -0.25) is 19.7 Å². The summed E-state index contributed by atoms with van der Waals surface area (Å²) in [4.78, 5) is 44.1. The molecule has 1 saturated heterocycles. The van der Waals surface area contributed by atoms with Gasteiger partial charge in [-0.05, 0) is 6.07 Å². The minimum Gasteiger partial charge on any atom is -0.481 e. The van der Waals surface area contributed by atoms with Crippen molar-refractivity contribution >= 4 is 46.7 Å². The number of non-ortho nitro benzene ring substituents is 1. The first kappa shape index (κ1) is 19.1. The van der Waals surface area contributed by atoms with E-state index in [0.29, 0.717) is 0 Å². The third-order valence-corrected chi connectivity index (χ3v) is 4.14. The molecule has 1 unspecified atom stereocenters. The molecule has 0 saturated carbocycles. The zero-order chi connectivity index (χ0) is 19.3. The molecule has 1 heterocycles. The third-order valence-electron chi connectivity index (χ3n) is 3.06. The standard InChI is InChI=1S/C14H12N4O7S/c1-25-13(22)8-2-7(3-9(4-8)18(23)24)6-15-17-14-16-12(21)10(26-14)5-11(19)20/h2-4,6,10H,5H2,1H3,(H,19,20)(H,16,17,21). The van der Waals surface area contributed by atoms with Gasteiger partial charge in [-0.15, -0.1) is 5.10 Å². The fourth-order valence-electron chi connectivity index (χ4n) is 1.94. The van der Waals surface area contributed by atoms with Crippen LogP contribution in [0.1, 0.15) is 22.3 Å². The molecular formula is C14H12N4O7S. The summed E-state index contributed by atoms with van der Waals surface area (Å²) in [5.74, 6) is -2.35. The summed E-state index contributed by atoms with van der Waals surface area (Å²) in [6.45, 7) is 0. The molecule has 0 aromatic heterocycles. The Morgan fingerprint density at radius 2 is 2.19 bits per heavy atom. The largest absolute Gasteiger partial charge is 0.481 e. The van der Waals surface area contributed by atoms with Crippen molar-refractivity contribution in [2.45, 2.75) is 11.7 Å². The van der Waals surface area contributed by atoms with Gasteiger partial charge in [0.05, 0.1) is 30.2 Å². The van der Waals surface area contributed by atoms with Gasteiger partial charge in [0.15, 0.2) is 5.17 Å². The molecule has 136 valence electrons. The summed E-state index contributed by atoms with van der Waals surface area (Å²) in [7, 11) is 1.15. The highest BCUT2D eigenvalue weighted by atomic mass is 32.2. The summed E-state index contributed by atoms with van der Waals surface area (Å²) >= 11 is 0.914. The van der Waals surface area contributed by atoms with Crippen LogP contribution >= 0.6 is 11.8 Å². The molecule has 1 atom stereocenters. The molecule has 0 aliphatic carbocycles. The van der Waals surface area contributed by atoms with Crippen LogP contribution in [0.15, 0.2) is 28.4 Å². The Morgan fingerprint density at radius 1 is 1.46 bits per heavy atom. The number of amides is 1. The molecule has 1 aromatic carbocycles. The number of carboxylic acids is 1. The van der Waals surface area contributed by atoms with Crippen LogP contribution in [0.3, 0.4) is 0 Å². The second kappa shape index (κ2) is 8.20. The van der Waals surface area contributed by atoms with Crippen LogP contribution in [0.4, 0.5) is 5.69 Å². The summed E-state index contributed by atoms with van der Waals surface area (Å²) in [5, 5.41) is 28.8. The van der Waals surface area contributed by atoms with Crippen molar-refractivity contribution in [1.82, 2.24) is 5.32 Å². The summed E-state index contributed by atoms with van der Waals surface area (Å²) in [6, 6.07) is 3.58. The van der Waals surface area contributed by atoms with Gasteiger partial charge in [-0.2, -0.15) is 5.10 Å². The summed E-state index contributed by atoms with van der Waals surface area (Å²) < 4.78 is 4.53. The van der Waals surface area contributed by atoms with Gasteiger partial charge in [0.25, 0.3) is 5.69 Å². The van der Waals surface area contributed by atoms with Gasteiger partial charge in [0.2, 0.25) is 5.91 Å². The van der Waals surface area contributed by atoms with E-state index in [4.69, 9.17) is 5.11 Å². The van der Waals surface area contributed by atoms with E-state index in [-0.39, 0.29) is 28.4 Å². The molecule has 1 amide bonds. The monoisotopic (exact) mass is 380 g/mol. The molecule has 2 N–H and O–H groups in total. The number of hydrogen-bond donors (Lipinski definition) is 2. The average Bonchev–Trinajstić information content (AvgIpc) is 2.92. The number of hydrogen-bond acceptors (Lipinski definition) is 9. The smallest absolute Gasteiger partial charge is 0.338 e. The molecule has 12 heteroatoms. The lowest BCUT2D eigenvalue weighted by atomic mass is 10.1. The Kier molecular flexibility index (Phi) is 6.01. The fraction of sp³-hybridized carbons (Fsp3) is 0.214. The van der Waals surface area contributed by atoms with Gasteiger partial charge < -0.3 is 15.2 Å². The second-order valence-corrected chi connectivity index (χ2v) is 6.10. The minimum absolute atomic E-state index is 0.0270. The molecule has 11 nitrogen and oxygen atoms in total. The molecule has 1 aliphatic rings. The van der Waals surface area contributed by atoms with Crippen LogP contribution in [0.5, 0.6) is 0 Å². The highest BCUT2D eigenvalue weighted by molar-refractivity contribution is 8.15.